The summed E-state index contributed by atoms with van der Waals surface area (Å²) in [6.45, 7) is 6.13. The monoisotopic (exact) mass is 359 g/mol. The fourth-order valence-electron chi connectivity index (χ4n) is 3.38. The zero-order valence-corrected chi connectivity index (χ0v) is 15.4. The van der Waals surface area contributed by atoms with Gasteiger partial charge in [-0.2, -0.15) is 0 Å². The molecule has 1 N–H and O–H groups in total. The Morgan fingerprint density at radius 3 is 2.72 bits per heavy atom. The molecule has 0 amide bonds. The molecule has 4 nitrogen and oxygen atoms in total. The van der Waals surface area contributed by atoms with Crippen molar-refractivity contribution in [1.29, 1.82) is 0 Å². The zero-order chi connectivity index (χ0) is 18.1. The number of halogens is 1. The van der Waals surface area contributed by atoms with Crippen LogP contribution in [-0.2, 0) is 11.2 Å². The first-order chi connectivity index (χ1) is 11.9. The van der Waals surface area contributed by atoms with Gasteiger partial charge >= 0.3 is 5.97 Å². The summed E-state index contributed by atoms with van der Waals surface area (Å²) in [5, 5.41) is 0.670. The van der Waals surface area contributed by atoms with Crippen molar-refractivity contribution in [2.75, 3.05) is 6.61 Å². The highest BCUT2D eigenvalue weighted by atomic mass is 35.5. The maximum Gasteiger partial charge on any atom is 0.355 e. The molecule has 1 heterocycles. The van der Waals surface area contributed by atoms with Crippen LogP contribution in [0.15, 0.2) is 24.3 Å². The topological polar surface area (TPSA) is 59.2 Å². The average molecular weight is 360 g/mol. The van der Waals surface area contributed by atoms with E-state index in [1.54, 1.807) is 6.92 Å². The van der Waals surface area contributed by atoms with Gasteiger partial charge in [0.05, 0.1) is 6.61 Å². The molecule has 0 aliphatic heterocycles. The second-order valence-electron chi connectivity index (χ2n) is 7.02. The molecule has 0 radical (unpaired) electrons. The Balaban J connectivity index is 1.90. The molecular formula is C20H22ClNO3. The fourth-order valence-corrected chi connectivity index (χ4v) is 3.67. The first-order valence-electron chi connectivity index (χ1n) is 8.54. The minimum Gasteiger partial charge on any atom is -0.461 e. The van der Waals surface area contributed by atoms with E-state index in [9.17, 15) is 9.59 Å². The number of hydrogen-bond donors (Lipinski definition) is 1. The number of esters is 1. The molecular weight excluding hydrogens is 338 g/mol. The van der Waals surface area contributed by atoms with Gasteiger partial charge in [0.25, 0.3) is 0 Å². The van der Waals surface area contributed by atoms with Crippen molar-refractivity contribution in [3.05, 3.63) is 57.4 Å². The van der Waals surface area contributed by atoms with Gasteiger partial charge in [-0.3, -0.25) is 4.79 Å². The van der Waals surface area contributed by atoms with Gasteiger partial charge in [0.1, 0.15) is 5.69 Å². The maximum atomic E-state index is 12.7. The number of carbonyl (C=O) groups excluding carboxylic acids is 2. The Labute approximate surface area is 152 Å². The van der Waals surface area contributed by atoms with Crippen molar-refractivity contribution < 1.29 is 14.3 Å². The number of H-pyrrole nitrogens is 1. The van der Waals surface area contributed by atoms with Crippen molar-refractivity contribution in [2.24, 2.45) is 5.92 Å². The van der Waals surface area contributed by atoms with E-state index in [0.717, 1.165) is 11.3 Å². The second kappa shape index (κ2) is 7.04. The van der Waals surface area contributed by atoms with Crippen LogP contribution in [-0.4, -0.2) is 23.3 Å². The number of fused-ring (bicyclic) bond motifs is 1. The first kappa shape index (κ1) is 17.7. The van der Waals surface area contributed by atoms with Crippen LogP contribution >= 0.6 is 11.6 Å². The van der Waals surface area contributed by atoms with Crippen LogP contribution in [0.25, 0.3) is 0 Å². The van der Waals surface area contributed by atoms with E-state index < -0.39 is 5.97 Å². The Morgan fingerprint density at radius 2 is 2.04 bits per heavy atom. The third-order valence-corrected chi connectivity index (χ3v) is 4.93. The van der Waals surface area contributed by atoms with E-state index in [4.69, 9.17) is 16.3 Å². The van der Waals surface area contributed by atoms with E-state index in [2.05, 4.69) is 4.98 Å². The molecule has 0 saturated heterocycles. The minimum absolute atomic E-state index is 0.0197. The van der Waals surface area contributed by atoms with Crippen LogP contribution < -0.4 is 0 Å². The number of rotatable bonds is 4. The number of benzene rings is 1. The number of nitrogens with one attached hydrogen (secondary N) is 1. The van der Waals surface area contributed by atoms with Crippen LogP contribution in [0.4, 0.5) is 0 Å². The molecule has 1 aromatic carbocycles. The third kappa shape index (κ3) is 3.49. The molecule has 1 unspecified atom stereocenters. The van der Waals surface area contributed by atoms with Crippen LogP contribution in [0.1, 0.15) is 63.9 Å². The second-order valence-corrected chi connectivity index (χ2v) is 7.43. The number of ether oxygens (including phenoxy) is 1. The van der Waals surface area contributed by atoms with E-state index in [1.165, 1.54) is 0 Å². The fraction of sp³-hybridized carbons (Fsp3) is 0.400. The Kier molecular flexibility index (Phi) is 5.00. The van der Waals surface area contributed by atoms with Crippen molar-refractivity contribution in [2.45, 2.75) is 39.5 Å². The molecule has 2 aromatic rings. The Hall–Kier alpha value is -2.07. The lowest BCUT2D eigenvalue weighted by atomic mass is 9.81. The standard InChI is InChI=1S/C20H22ClNO3/c1-11(2)10-25-20(24)19-12(3)18-16(22-19)8-13(9-17(18)23)14-6-4-5-7-15(14)21/h4-7,11,13,22H,8-10H2,1-3H3. The van der Waals surface area contributed by atoms with E-state index >= 15 is 0 Å². The highest BCUT2D eigenvalue weighted by Crippen LogP contribution is 2.37. The average Bonchev–Trinajstić information content (AvgIpc) is 2.90. The van der Waals surface area contributed by atoms with Gasteiger partial charge in [0.15, 0.2) is 5.78 Å². The number of ketones is 1. The van der Waals surface area contributed by atoms with Gasteiger partial charge in [-0.1, -0.05) is 43.6 Å². The van der Waals surface area contributed by atoms with Crippen molar-refractivity contribution >= 4 is 23.4 Å². The molecule has 0 spiro atoms. The number of carbonyl (C=O) groups is 2. The molecule has 132 valence electrons. The normalized spacial score (nSPS) is 16.8. The van der Waals surface area contributed by atoms with Gasteiger partial charge < -0.3 is 9.72 Å². The smallest absolute Gasteiger partial charge is 0.355 e. The summed E-state index contributed by atoms with van der Waals surface area (Å²) < 4.78 is 5.31. The van der Waals surface area contributed by atoms with Crippen LogP contribution in [0, 0.1) is 12.8 Å². The molecule has 5 heteroatoms. The van der Waals surface area contributed by atoms with Gasteiger partial charge in [-0.25, -0.2) is 4.79 Å². The third-order valence-electron chi connectivity index (χ3n) is 4.59. The zero-order valence-electron chi connectivity index (χ0n) is 14.7. The molecule has 0 saturated carbocycles. The van der Waals surface area contributed by atoms with Crippen LogP contribution in [0.5, 0.6) is 0 Å². The summed E-state index contributed by atoms with van der Waals surface area (Å²) in [6, 6.07) is 7.60. The number of Topliss-reactive ketones (excluding diaryl/α,β-unsaturated/α-hetero) is 1. The number of hydrogen-bond acceptors (Lipinski definition) is 3. The molecule has 1 atom stereocenters. The predicted octanol–water partition coefficient (Wildman–Crippen LogP) is 4.70. The van der Waals surface area contributed by atoms with Crippen molar-refractivity contribution in [3.63, 3.8) is 0 Å². The Morgan fingerprint density at radius 1 is 1.32 bits per heavy atom. The van der Waals surface area contributed by atoms with Gasteiger partial charge in [0, 0.05) is 22.7 Å². The van der Waals surface area contributed by atoms with E-state index in [0.29, 0.717) is 41.3 Å². The largest absolute Gasteiger partial charge is 0.461 e. The lowest BCUT2D eigenvalue weighted by molar-refractivity contribution is 0.0451. The summed E-state index contributed by atoms with van der Waals surface area (Å²) >= 11 is 6.29. The molecule has 1 aliphatic rings. The number of aromatic amines is 1. The summed E-state index contributed by atoms with van der Waals surface area (Å²) in [7, 11) is 0. The molecule has 3 rings (SSSR count). The molecule has 1 aliphatic carbocycles. The van der Waals surface area contributed by atoms with E-state index in [1.807, 2.05) is 38.1 Å². The van der Waals surface area contributed by atoms with Gasteiger partial charge in [-0.05, 0) is 42.4 Å². The minimum atomic E-state index is -0.400. The van der Waals surface area contributed by atoms with Crippen molar-refractivity contribution in [3.8, 4) is 0 Å². The predicted molar refractivity (Wildman–Crippen MR) is 97.5 cm³/mol. The maximum absolute atomic E-state index is 12.7. The SMILES string of the molecule is Cc1c(C(=O)OCC(C)C)[nH]c2c1C(=O)CC(c1ccccc1Cl)C2. The quantitative estimate of drug-likeness (QED) is 0.805. The highest BCUT2D eigenvalue weighted by Gasteiger charge is 2.32. The first-order valence-corrected chi connectivity index (χ1v) is 8.92. The van der Waals surface area contributed by atoms with Crippen LogP contribution in [0.2, 0.25) is 5.02 Å². The highest BCUT2D eigenvalue weighted by molar-refractivity contribution is 6.31. The Bertz CT molecular complexity index is 822. The van der Waals surface area contributed by atoms with Crippen LogP contribution in [0.3, 0.4) is 0 Å². The van der Waals surface area contributed by atoms with Gasteiger partial charge in [-0.15, -0.1) is 0 Å². The van der Waals surface area contributed by atoms with Crippen molar-refractivity contribution in [1.82, 2.24) is 4.98 Å². The molecule has 0 bridgehead atoms. The lowest BCUT2D eigenvalue weighted by Crippen LogP contribution is -2.18. The summed E-state index contributed by atoms with van der Waals surface area (Å²) in [5.74, 6) is -0.0723. The molecule has 25 heavy (non-hydrogen) atoms. The van der Waals surface area contributed by atoms with E-state index in [-0.39, 0.29) is 17.6 Å². The molecule has 1 aromatic heterocycles. The summed E-state index contributed by atoms with van der Waals surface area (Å²) in [5.41, 5.74) is 3.49. The lowest BCUT2D eigenvalue weighted by Gasteiger charge is -2.22. The molecule has 0 fully saturated rings. The summed E-state index contributed by atoms with van der Waals surface area (Å²) in [4.78, 5) is 28.1. The van der Waals surface area contributed by atoms with Gasteiger partial charge in [0.2, 0.25) is 0 Å². The number of aromatic nitrogens is 1. The summed E-state index contributed by atoms with van der Waals surface area (Å²) in [6.07, 6.45) is 1.05.